The van der Waals surface area contributed by atoms with Gasteiger partial charge in [0.1, 0.15) is 11.3 Å². The number of hydrogen-bond donors (Lipinski definition) is 0. The van der Waals surface area contributed by atoms with E-state index in [1.807, 2.05) is 29.7 Å². The van der Waals surface area contributed by atoms with Gasteiger partial charge < -0.3 is 9.30 Å². The van der Waals surface area contributed by atoms with Crippen LogP contribution in [0.1, 0.15) is 36.5 Å². The number of fused-ring (bicyclic) bond motifs is 1. The van der Waals surface area contributed by atoms with Gasteiger partial charge in [0.2, 0.25) is 10.0 Å². The van der Waals surface area contributed by atoms with E-state index in [2.05, 4.69) is 11.6 Å². The van der Waals surface area contributed by atoms with Gasteiger partial charge in [-0.1, -0.05) is 29.9 Å². The summed E-state index contributed by atoms with van der Waals surface area (Å²) in [5.74, 6) is 0.259. The molecule has 1 aliphatic heterocycles. The molecule has 33 heavy (non-hydrogen) atoms. The Labute approximate surface area is 197 Å². The summed E-state index contributed by atoms with van der Waals surface area (Å²) in [4.78, 5) is 18.0. The van der Waals surface area contributed by atoms with E-state index in [1.165, 1.54) is 35.6 Å². The molecule has 0 radical (unpaired) electrons. The molecule has 0 N–H and O–H groups in total. The Morgan fingerprint density at radius 1 is 1.24 bits per heavy atom. The maximum atomic E-state index is 13.0. The number of hydrogen-bond acceptors (Lipinski definition) is 5. The lowest BCUT2D eigenvalue weighted by Crippen LogP contribution is -2.41. The molecule has 0 bridgehead atoms. The van der Waals surface area contributed by atoms with Crippen LogP contribution < -0.4 is 9.54 Å². The molecule has 174 valence electrons. The maximum absolute atomic E-state index is 13.0. The Morgan fingerprint density at radius 3 is 2.67 bits per heavy atom. The minimum absolute atomic E-state index is 0.0229. The highest BCUT2D eigenvalue weighted by Gasteiger charge is 2.30. The van der Waals surface area contributed by atoms with Crippen LogP contribution in [0.4, 0.5) is 0 Å². The predicted molar refractivity (Wildman–Crippen MR) is 130 cm³/mol. The monoisotopic (exact) mass is 485 g/mol. The Bertz CT molecular complexity index is 1350. The normalized spacial score (nSPS) is 17.9. The van der Waals surface area contributed by atoms with Crippen molar-refractivity contribution in [2.24, 2.45) is 4.99 Å². The van der Waals surface area contributed by atoms with E-state index in [9.17, 15) is 13.2 Å². The average molecular weight is 486 g/mol. The second-order valence-corrected chi connectivity index (χ2v) is 10.9. The predicted octanol–water partition coefficient (Wildman–Crippen LogP) is 4.20. The standard InChI is InChI=1S/C24H27N3O4S2/c1-4-15-26-22-20(31-3)9-7-10-21(22)32-24(26)25-23(28)18-11-13-19(14-12-18)33(29,30)27-16-6-5-8-17(27)2/h4,7,9-14,17H,1,5-6,8,15-16H2,2-3H3. The first kappa shape index (κ1) is 23.4. The molecular weight excluding hydrogens is 458 g/mol. The molecule has 1 amide bonds. The fraction of sp³-hybridized carbons (Fsp3) is 0.333. The van der Waals surface area contributed by atoms with Crippen molar-refractivity contribution in [2.45, 2.75) is 43.7 Å². The van der Waals surface area contributed by atoms with Crippen molar-refractivity contribution in [1.82, 2.24) is 8.87 Å². The summed E-state index contributed by atoms with van der Waals surface area (Å²) in [6.07, 6.45) is 4.50. The zero-order chi connectivity index (χ0) is 23.6. The number of nitrogens with zero attached hydrogens (tertiary/aromatic N) is 3. The molecule has 1 fully saturated rings. The summed E-state index contributed by atoms with van der Waals surface area (Å²) in [5, 5.41) is 0. The molecule has 2 heterocycles. The fourth-order valence-corrected chi connectivity index (χ4v) is 6.89. The number of carbonyl (C=O) groups is 1. The summed E-state index contributed by atoms with van der Waals surface area (Å²) < 4.78 is 36.0. The molecule has 1 saturated heterocycles. The number of ether oxygens (including phenoxy) is 1. The number of amides is 1. The lowest BCUT2D eigenvalue weighted by molar-refractivity contribution is 0.0997. The van der Waals surface area contributed by atoms with Gasteiger partial charge in [-0.25, -0.2) is 8.42 Å². The topological polar surface area (TPSA) is 81.0 Å². The number of piperidine rings is 1. The van der Waals surface area contributed by atoms with Crippen LogP contribution in [0, 0.1) is 0 Å². The van der Waals surface area contributed by atoms with Crippen molar-refractivity contribution in [2.75, 3.05) is 13.7 Å². The van der Waals surface area contributed by atoms with Crippen LogP contribution in [0.5, 0.6) is 5.75 Å². The smallest absolute Gasteiger partial charge is 0.279 e. The second kappa shape index (κ2) is 9.62. The van der Waals surface area contributed by atoms with Gasteiger partial charge in [0.15, 0.2) is 4.80 Å². The van der Waals surface area contributed by atoms with Crippen molar-refractivity contribution in [3.8, 4) is 5.75 Å². The van der Waals surface area contributed by atoms with Crippen molar-refractivity contribution < 1.29 is 17.9 Å². The van der Waals surface area contributed by atoms with Crippen LogP contribution in [0.25, 0.3) is 10.2 Å². The summed E-state index contributed by atoms with van der Waals surface area (Å²) in [5.41, 5.74) is 1.18. The fourth-order valence-electron chi connectivity index (χ4n) is 4.13. The SMILES string of the molecule is C=CCn1c(=NC(=O)c2ccc(S(=O)(=O)N3CCCCC3C)cc2)sc2cccc(OC)c21. The first-order valence-corrected chi connectivity index (χ1v) is 13.1. The zero-order valence-corrected chi connectivity index (χ0v) is 20.4. The first-order valence-electron chi connectivity index (χ1n) is 10.8. The largest absolute Gasteiger partial charge is 0.495 e. The van der Waals surface area contributed by atoms with Gasteiger partial charge in [-0.15, -0.1) is 6.58 Å². The van der Waals surface area contributed by atoms with E-state index in [0.717, 1.165) is 29.5 Å². The lowest BCUT2D eigenvalue weighted by atomic mass is 10.1. The van der Waals surface area contributed by atoms with E-state index in [1.54, 1.807) is 17.5 Å². The number of rotatable bonds is 6. The Kier molecular flexibility index (Phi) is 6.83. The van der Waals surface area contributed by atoms with Gasteiger partial charge in [-0.05, 0) is 56.2 Å². The number of carbonyl (C=O) groups excluding carboxylic acids is 1. The van der Waals surface area contributed by atoms with E-state index in [-0.39, 0.29) is 10.9 Å². The van der Waals surface area contributed by atoms with Crippen LogP contribution in [-0.2, 0) is 16.6 Å². The second-order valence-electron chi connectivity index (χ2n) is 7.99. The average Bonchev–Trinajstić information content (AvgIpc) is 3.16. The molecular formula is C24H27N3O4S2. The highest BCUT2D eigenvalue weighted by Crippen LogP contribution is 2.28. The summed E-state index contributed by atoms with van der Waals surface area (Å²) in [6, 6.07) is 11.7. The number of benzene rings is 2. The first-order chi connectivity index (χ1) is 15.9. The molecule has 7 nitrogen and oxygen atoms in total. The third kappa shape index (κ3) is 4.53. The van der Waals surface area contributed by atoms with E-state index in [0.29, 0.717) is 29.2 Å². The van der Waals surface area contributed by atoms with Crippen molar-refractivity contribution in [3.05, 3.63) is 65.5 Å². The molecule has 4 rings (SSSR count). The molecule has 3 aromatic rings. The van der Waals surface area contributed by atoms with E-state index < -0.39 is 15.9 Å². The zero-order valence-electron chi connectivity index (χ0n) is 18.7. The number of methoxy groups -OCH3 is 1. The van der Waals surface area contributed by atoms with E-state index >= 15 is 0 Å². The summed E-state index contributed by atoms with van der Waals surface area (Å²) in [6.45, 7) is 6.74. The van der Waals surface area contributed by atoms with E-state index in [4.69, 9.17) is 4.74 Å². The lowest BCUT2D eigenvalue weighted by Gasteiger charge is -2.32. The molecule has 0 saturated carbocycles. The summed E-state index contributed by atoms with van der Waals surface area (Å²) in [7, 11) is -1.98. The third-order valence-corrected chi connectivity index (χ3v) is 8.91. The molecule has 1 atom stereocenters. The molecule has 1 aromatic heterocycles. The number of para-hydroxylation sites is 1. The number of allylic oxidation sites excluding steroid dienone is 1. The van der Waals surface area contributed by atoms with Crippen molar-refractivity contribution >= 4 is 37.5 Å². The molecule has 0 spiro atoms. The van der Waals surface area contributed by atoms with Crippen molar-refractivity contribution in [3.63, 3.8) is 0 Å². The Balaban J connectivity index is 1.68. The van der Waals surface area contributed by atoms with Crippen LogP contribution >= 0.6 is 11.3 Å². The number of thiazole rings is 1. The van der Waals surface area contributed by atoms with Crippen LogP contribution in [0.2, 0.25) is 0 Å². The third-order valence-electron chi connectivity index (χ3n) is 5.84. The van der Waals surface area contributed by atoms with Gasteiger partial charge in [0.05, 0.1) is 16.7 Å². The minimum atomic E-state index is -3.59. The van der Waals surface area contributed by atoms with Crippen molar-refractivity contribution in [1.29, 1.82) is 0 Å². The summed E-state index contributed by atoms with van der Waals surface area (Å²) >= 11 is 1.39. The molecule has 2 aromatic carbocycles. The highest BCUT2D eigenvalue weighted by molar-refractivity contribution is 7.89. The van der Waals surface area contributed by atoms with Gasteiger partial charge in [0, 0.05) is 24.7 Å². The van der Waals surface area contributed by atoms with Crippen LogP contribution in [-0.4, -0.2) is 42.9 Å². The van der Waals surface area contributed by atoms with Gasteiger partial charge >= 0.3 is 0 Å². The molecule has 1 aliphatic rings. The van der Waals surface area contributed by atoms with Gasteiger partial charge in [-0.3, -0.25) is 4.79 Å². The van der Waals surface area contributed by atoms with Crippen LogP contribution in [0.15, 0.2) is 65.0 Å². The number of sulfonamides is 1. The molecule has 1 unspecified atom stereocenters. The Hall–Kier alpha value is -2.75. The number of aromatic nitrogens is 1. The van der Waals surface area contributed by atoms with Gasteiger partial charge in [0.25, 0.3) is 5.91 Å². The maximum Gasteiger partial charge on any atom is 0.279 e. The molecule has 0 aliphatic carbocycles. The minimum Gasteiger partial charge on any atom is -0.495 e. The molecule has 9 heteroatoms. The highest BCUT2D eigenvalue weighted by atomic mass is 32.2. The van der Waals surface area contributed by atoms with Gasteiger partial charge in [-0.2, -0.15) is 9.30 Å². The Morgan fingerprint density at radius 2 is 2.00 bits per heavy atom. The quantitative estimate of drug-likeness (QED) is 0.490. The van der Waals surface area contributed by atoms with Crippen LogP contribution in [0.3, 0.4) is 0 Å².